The summed E-state index contributed by atoms with van der Waals surface area (Å²) in [5, 5.41) is 17.6. The molecule has 0 radical (unpaired) electrons. The first kappa shape index (κ1) is 6.99. The van der Waals surface area contributed by atoms with Gasteiger partial charge in [-0.3, -0.25) is 0 Å². The van der Waals surface area contributed by atoms with E-state index >= 15 is 0 Å². The highest BCUT2D eigenvalue weighted by molar-refractivity contribution is 4.78. The van der Waals surface area contributed by atoms with Crippen LogP contribution in [0.4, 0.5) is 0 Å². The number of ether oxygens (including phenoxy) is 1. The van der Waals surface area contributed by atoms with Gasteiger partial charge in [0, 0.05) is 6.42 Å². The molecule has 0 aromatic carbocycles. The first-order valence-corrected chi connectivity index (χ1v) is 3.18. The van der Waals surface area contributed by atoms with E-state index < -0.39 is 6.10 Å². The van der Waals surface area contributed by atoms with Crippen LogP contribution in [0, 0.1) is 0 Å². The zero-order valence-corrected chi connectivity index (χ0v) is 5.45. The summed E-state index contributed by atoms with van der Waals surface area (Å²) in [6, 6.07) is 0. The molecule has 1 aliphatic heterocycles. The highest BCUT2D eigenvalue weighted by Crippen LogP contribution is 2.18. The maximum atomic E-state index is 9.07. The Bertz CT molecular complexity index is 94.3. The van der Waals surface area contributed by atoms with E-state index in [0.717, 1.165) is 0 Å². The topological polar surface area (TPSA) is 49.7 Å². The predicted octanol–water partition coefficient (Wildman–Crippen LogP) is -0.483. The number of hydrogen-bond acceptors (Lipinski definition) is 3. The second-order valence-electron chi connectivity index (χ2n) is 2.47. The molecule has 0 saturated carbocycles. The van der Waals surface area contributed by atoms with E-state index in [1.807, 2.05) is 6.92 Å². The van der Waals surface area contributed by atoms with Gasteiger partial charge in [-0.1, -0.05) is 0 Å². The van der Waals surface area contributed by atoms with Crippen LogP contribution < -0.4 is 0 Å². The van der Waals surface area contributed by atoms with Crippen LogP contribution in [0.2, 0.25) is 0 Å². The quantitative estimate of drug-likeness (QED) is 0.506. The zero-order valence-electron chi connectivity index (χ0n) is 5.45. The largest absolute Gasteiger partial charge is 0.394 e. The minimum atomic E-state index is -0.468. The summed E-state index contributed by atoms with van der Waals surface area (Å²) in [6.07, 6.45) is -0.0762. The fourth-order valence-electron chi connectivity index (χ4n) is 1.10. The van der Waals surface area contributed by atoms with Gasteiger partial charge in [0.1, 0.15) is 6.10 Å². The van der Waals surface area contributed by atoms with Crippen molar-refractivity contribution in [3.8, 4) is 0 Å². The molecule has 3 nitrogen and oxygen atoms in total. The van der Waals surface area contributed by atoms with Crippen molar-refractivity contribution in [2.75, 3.05) is 6.61 Å². The van der Waals surface area contributed by atoms with Crippen molar-refractivity contribution in [2.24, 2.45) is 0 Å². The number of rotatable bonds is 1. The molecule has 1 rings (SSSR count). The van der Waals surface area contributed by atoms with Crippen LogP contribution in [0.3, 0.4) is 0 Å². The van der Waals surface area contributed by atoms with Gasteiger partial charge in [-0.2, -0.15) is 0 Å². The van der Waals surface area contributed by atoms with Crippen LogP contribution in [0.25, 0.3) is 0 Å². The van der Waals surface area contributed by atoms with Gasteiger partial charge in [0.05, 0.1) is 18.8 Å². The Labute approximate surface area is 54.3 Å². The lowest BCUT2D eigenvalue weighted by Crippen LogP contribution is -2.24. The van der Waals surface area contributed by atoms with Gasteiger partial charge < -0.3 is 14.9 Å². The summed E-state index contributed by atoms with van der Waals surface area (Å²) in [5.41, 5.74) is 0. The third-order valence-electron chi connectivity index (χ3n) is 1.59. The zero-order chi connectivity index (χ0) is 6.85. The Morgan fingerprint density at radius 3 is 2.56 bits per heavy atom. The van der Waals surface area contributed by atoms with Crippen molar-refractivity contribution in [2.45, 2.75) is 31.7 Å². The number of aliphatic hydroxyl groups excluding tert-OH is 2. The van der Waals surface area contributed by atoms with E-state index in [4.69, 9.17) is 14.9 Å². The molecule has 3 atom stereocenters. The Kier molecular flexibility index (Phi) is 2.05. The Hall–Kier alpha value is -0.120. The molecule has 3 heteroatoms. The molecular formula is C6H12O3. The van der Waals surface area contributed by atoms with Gasteiger partial charge in [0.25, 0.3) is 0 Å². The van der Waals surface area contributed by atoms with Crippen LogP contribution in [-0.4, -0.2) is 35.1 Å². The third-order valence-corrected chi connectivity index (χ3v) is 1.59. The first-order chi connectivity index (χ1) is 4.24. The Morgan fingerprint density at radius 1 is 1.67 bits per heavy atom. The highest BCUT2D eigenvalue weighted by Gasteiger charge is 2.30. The first-order valence-electron chi connectivity index (χ1n) is 3.18. The lowest BCUT2D eigenvalue weighted by Gasteiger charge is -2.08. The summed E-state index contributed by atoms with van der Waals surface area (Å²) in [6.45, 7) is 1.81. The molecule has 0 amide bonds. The summed E-state index contributed by atoms with van der Waals surface area (Å²) in [4.78, 5) is 0. The van der Waals surface area contributed by atoms with E-state index in [1.165, 1.54) is 0 Å². The third kappa shape index (κ3) is 1.41. The SMILES string of the molecule is CC1C[C@@H](O)C(CO)O1. The van der Waals surface area contributed by atoms with Crippen LogP contribution in [0.15, 0.2) is 0 Å². The molecule has 0 spiro atoms. The number of hydrogen-bond donors (Lipinski definition) is 2. The van der Waals surface area contributed by atoms with Gasteiger partial charge in [-0.05, 0) is 6.92 Å². The molecule has 1 aliphatic rings. The summed E-state index contributed by atoms with van der Waals surface area (Å²) in [7, 11) is 0. The molecule has 1 heterocycles. The molecule has 0 bridgehead atoms. The smallest absolute Gasteiger partial charge is 0.107 e. The van der Waals surface area contributed by atoms with E-state index in [2.05, 4.69) is 0 Å². The second kappa shape index (κ2) is 2.64. The molecule has 0 aliphatic carbocycles. The minimum Gasteiger partial charge on any atom is -0.394 e. The van der Waals surface area contributed by atoms with Gasteiger partial charge >= 0.3 is 0 Å². The maximum Gasteiger partial charge on any atom is 0.107 e. The highest BCUT2D eigenvalue weighted by atomic mass is 16.5. The van der Waals surface area contributed by atoms with Crippen molar-refractivity contribution >= 4 is 0 Å². The predicted molar refractivity (Wildman–Crippen MR) is 32.0 cm³/mol. The van der Waals surface area contributed by atoms with Crippen molar-refractivity contribution in [3.63, 3.8) is 0 Å². The summed E-state index contributed by atoms with van der Waals surface area (Å²) < 4.78 is 5.12. The molecular weight excluding hydrogens is 120 g/mol. The van der Waals surface area contributed by atoms with Crippen molar-refractivity contribution < 1.29 is 14.9 Å². The standard InChI is InChI=1S/C6H12O3/c1-4-2-5(8)6(3-7)9-4/h4-8H,2-3H2,1H3/t4?,5-,6?/m1/s1. The van der Waals surface area contributed by atoms with Crippen LogP contribution in [0.1, 0.15) is 13.3 Å². The van der Waals surface area contributed by atoms with Gasteiger partial charge in [-0.15, -0.1) is 0 Å². The van der Waals surface area contributed by atoms with E-state index in [1.54, 1.807) is 0 Å². The van der Waals surface area contributed by atoms with E-state index in [9.17, 15) is 0 Å². The average Bonchev–Trinajstić information content (AvgIpc) is 2.10. The minimum absolute atomic E-state index is 0.0779. The fraction of sp³-hybridized carbons (Fsp3) is 1.00. The molecule has 0 aromatic heterocycles. The lowest BCUT2D eigenvalue weighted by molar-refractivity contribution is -0.0170. The molecule has 0 aromatic rings. The Morgan fingerprint density at radius 2 is 2.33 bits per heavy atom. The van der Waals surface area contributed by atoms with Gasteiger partial charge in [-0.25, -0.2) is 0 Å². The van der Waals surface area contributed by atoms with Crippen molar-refractivity contribution in [1.29, 1.82) is 0 Å². The van der Waals surface area contributed by atoms with Gasteiger partial charge in [0.2, 0.25) is 0 Å². The van der Waals surface area contributed by atoms with Crippen LogP contribution >= 0.6 is 0 Å². The summed E-state index contributed by atoms with van der Waals surface area (Å²) >= 11 is 0. The van der Waals surface area contributed by atoms with E-state index in [-0.39, 0.29) is 18.8 Å². The molecule has 54 valence electrons. The van der Waals surface area contributed by atoms with Crippen LogP contribution in [-0.2, 0) is 4.74 Å². The van der Waals surface area contributed by atoms with Crippen molar-refractivity contribution in [3.05, 3.63) is 0 Å². The van der Waals surface area contributed by atoms with Crippen LogP contribution in [0.5, 0.6) is 0 Å². The molecule has 9 heavy (non-hydrogen) atoms. The number of aliphatic hydroxyl groups is 2. The molecule has 1 fully saturated rings. The Balaban J connectivity index is 2.38. The average molecular weight is 132 g/mol. The van der Waals surface area contributed by atoms with Crippen molar-refractivity contribution in [1.82, 2.24) is 0 Å². The molecule has 2 unspecified atom stereocenters. The second-order valence-corrected chi connectivity index (χ2v) is 2.47. The lowest BCUT2D eigenvalue weighted by atomic mass is 10.1. The normalized spacial score (nSPS) is 43.7. The molecule has 1 saturated heterocycles. The molecule has 2 N–H and O–H groups in total. The maximum absolute atomic E-state index is 9.07. The summed E-state index contributed by atoms with van der Waals surface area (Å²) in [5.74, 6) is 0. The monoisotopic (exact) mass is 132 g/mol. The fourth-order valence-corrected chi connectivity index (χ4v) is 1.10. The van der Waals surface area contributed by atoms with Gasteiger partial charge in [0.15, 0.2) is 0 Å². The van der Waals surface area contributed by atoms with E-state index in [0.29, 0.717) is 6.42 Å².